The Balaban J connectivity index is 1.26. The first-order valence-electron chi connectivity index (χ1n) is 16.3. The van der Waals surface area contributed by atoms with Gasteiger partial charge in [-0.3, -0.25) is 9.80 Å². The highest BCUT2D eigenvalue weighted by atomic mass is 35.5. The van der Waals surface area contributed by atoms with Crippen molar-refractivity contribution in [2.24, 2.45) is 5.92 Å². The molecule has 0 aromatic heterocycles. The van der Waals surface area contributed by atoms with Crippen molar-refractivity contribution in [2.75, 3.05) is 59.1 Å². The van der Waals surface area contributed by atoms with Crippen LogP contribution in [-0.4, -0.2) is 68.9 Å². The molecular weight excluding hydrogens is 544 g/mol. The first-order valence-corrected chi connectivity index (χ1v) is 16.7. The second kappa shape index (κ2) is 16.4. The largest absolute Gasteiger partial charge is 0.496 e. The minimum Gasteiger partial charge on any atom is -0.496 e. The van der Waals surface area contributed by atoms with Crippen molar-refractivity contribution < 1.29 is 14.2 Å². The number of likely N-dealkylation sites (tertiary alicyclic amines) is 2. The SMILES string of the molecule is CCCCC1C(OCCN2CCCC2)=CC(OCCN2CCCC2)=CC1c1ccc(OCCc2ccc(Cl)cc2)cc1. The Bertz CT molecular complexity index is 1140. The molecule has 5 rings (SSSR count). The summed E-state index contributed by atoms with van der Waals surface area (Å²) in [5, 5.41) is 0.763. The highest BCUT2D eigenvalue weighted by molar-refractivity contribution is 6.30. The highest BCUT2D eigenvalue weighted by Crippen LogP contribution is 2.41. The fourth-order valence-electron chi connectivity index (χ4n) is 6.40. The number of ether oxygens (including phenoxy) is 3. The van der Waals surface area contributed by atoms with Gasteiger partial charge in [0.1, 0.15) is 30.5 Å². The van der Waals surface area contributed by atoms with E-state index in [0.29, 0.717) is 12.5 Å². The summed E-state index contributed by atoms with van der Waals surface area (Å²) in [6, 6.07) is 16.7. The number of hydrogen-bond donors (Lipinski definition) is 0. The van der Waals surface area contributed by atoms with Crippen LogP contribution < -0.4 is 4.74 Å². The first-order chi connectivity index (χ1) is 20.7. The maximum absolute atomic E-state index is 6.60. The molecule has 6 heteroatoms. The zero-order valence-electron chi connectivity index (χ0n) is 25.4. The van der Waals surface area contributed by atoms with E-state index in [-0.39, 0.29) is 5.92 Å². The van der Waals surface area contributed by atoms with Crippen LogP contribution in [0.1, 0.15) is 68.9 Å². The van der Waals surface area contributed by atoms with Crippen LogP contribution in [0.5, 0.6) is 5.75 Å². The summed E-state index contributed by atoms with van der Waals surface area (Å²) in [5.41, 5.74) is 2.51. The lowest BCUT2D eigenvalue weighted by atomic mass is 9.78. The number of unbranched alkanes of at least 4 members (excludes halogenated alkanes) is 1. The van der Waals surface area contributed by atoms with Crippen molar-refractivity contribution >= 4 is 11.6 Å². The second-order valence-electron chi connectivity index (χ2n) is 12.0. The van der Waals surface area contributed by atoms with E-state index < -0.39 is 0 Å². The summed E-state index contributed by atoms with van der Waals surface area (Å²) in [6.07, 6.45) is 14.1. The lowest BCUT2D eigenvalue weighted by Gasteiger charge is -2.32. The van der Waals surface area contributed by atoms with Gasteiger partial charge in [-0.2, -0.15) is 0 Å². The molecule has 5 nitrogen and oxygen atoms in total. The van der Waals surface area contributed by atoms with E-state index in [1.54, 1.807) is 0 Å². The van der Waals surface area contributed by atoms with Crippen LogP contribution >= 0.6 is 11.6 Å². The topological polar surface area (TPSA) is 34.2 Å². The average molecular weight is 593 g/mol. The van der Waals surface area contributed by atoms with Gasteiger partial charge in [0.25, 0.3) is 0 Å². The molecule has 0 saturated carbocycles. The van der Waals surface area contributed by atoms with Crippen LogP contribution in [0.4, 0.5) is 0 Å². The molecular formula is C36H49ClN2O3. The minimum atomic E-state index is 0.216. The Kier molecular flexibility index (Phi) is 12.1. The number of nitrogens with zero attached hydrogens (tertiary/aromatic N) is 2. The summed E-state index contributed by atoms with van der Waals surface area (Å²) in [4.78, 5) is 5.03. The average Bonchev–Trinajstić information content (AvgIpc) is 3.73. The smallest absolute Gasteiger partial charge is 0.119 e. The molecule has 0 N–H and O–H groups in total. The van der Waals surface area contributed by atoms with Crippen LogP contribution in [0.3, 0.4) is 0 Å². The standard InChI is InChI=1S/C36H49ClN2O3/c1-2-3-8-34-35(30-11-15-32(16-12-30)40-24-17-29-9-13-31(37)14-10-29)27-33(41-25-22-38-18-4-5-19-38)28-36(34)42-26-23-39-20-6-7-21-39/h9-16,27-28,34-35H,2-8,17-26H2,1H3. The third-order valence-electron chi connectivity index (χ3n) is 8.88. The number of hydrogen-bond acceptors (Lipinski definition) is 5. The van der Waals surface area contributed by atoms with Gasteiger partial charge in [0.05, 0.1) is 6.61 Å². The molecule has 0 bridgehead atoms. The Morgan fingerprint density at radius 3 is 2.05 bits per heavy atom. The number of allylic oxidation sites excluding steroid dienone is 3. The van der Waals surface area contributed by atoms with Crippen LogP contribution in [0.15, 0.2) is 72.2 Å². The number of halogens is 1. The molecule has 228 valence electrons. The van der Waals surface area contributed by atoms with E-state index in [2.05, 4.69) is 65.3 Å². The van der Waals surface area contributed by atoms with Crippen molar-refractivity contribution in [2.45, 2.75) is 64.2 Å². The quantitative estimate of drug-likeness (QED) is 0.198. The third kappa shape index (κ3) is 9.26. The number of benzene rings is 2. The Morgan fingerprint density at radius 2 is 1.40 bits per heavy atom. The lowest BCUT2D eigenvalue weighted by Crippen LogP contribution is -2.27. The summed E-state index contributed by atoms with van der Waals surface area (Å²) >= 11 is 6.02. The zero-order chi connectivity index (χ0) is 29.0. The van der Waals surface area contributed by atoms with Crippen LogP contribution in [0.25, 0.3) is 0 Å². The highest BCUT2D eigenvalue weighted by Gasteiger charge is 2.31. The molecule has 2 aromatic carbocycles. The molecule has 2 saturated heterocycles. The first kappa shape index (κ1) is 31.0. The fourth-order valence-corrected chi connectivity index (χ4v) is 6.53. The molecule has 2 unspecified atom stereocenters. The van der Waals surface area contributed by atoms with Gasteiger partial charge in [0.2, 0.25) is 0 Å². The van der Waals surface area contributed by atoms with Gasteiger partial charge in [0, 0.05) is 42.4 Å². The molecule has 0 amide bonds. The molecule has 0 spiro atoms. The molecule has 2 aliphatic heterocycles. The molecule has 0 radical (unpaired) electrons. The minimum absolute atomic E-state index is 0.216. The van der Waals surface area contributed by atoms with E-state index in [9.17, 15) is 0 Å². The van der Waals surface area contributed by atoms with Crippen molar-refractivity contribution in [3.63, 3.8) is 0 Å². The summed E-state index contributed by atoms with van der Waals surface area (Å²) in [7, 11) is 0. The maximum atomic E-state index is 6.60. The third-order valence-corrected chi connectivity index (χ3v) is 9.14. The van der Waals surface area contributed by atoms with Crippen molar-refractivity contribution in [1.29, 1.82) is 0 Å². The van der Waals surface area contributed by atoms with E-state index in [1.165, 1.54) is 75.8 Å². The normalized spacial score (nSPS) is 21.3. The summed E-state index contributed by atoms with van der Waals surface area (Å²) in [6.45, 7) is 11.1. The van der Waals surface area contributed by atoms with Crippen LogP contribution in [0.2, 0.25) is 5.02 Å². The fraction of sp³-hybridized carbons (Fsp3) is 0.556. The van der Waals surface area contributed by atoms with Crippen molar-refractivity contribution in [3.05, 3.63) is 88.4 Å². The van der Waals surface area contributed by atoms with Crippen LogP contribution in [-0.2, 0) is 15.9 Å². The monoisotopic (exact) mass is 592 g/mol. The van der Waals surface area contributed by atoms with E-state index in [1.807, 2.05) is 12.1 Å². The molecule has 3 aliphatic rings. The molecule has 2 atom stereocenters. The molecule has 42 heavy (non-hydrogen) atoms. The van der Waals surface area contributed by atoms with E-state index in [0.717, 1.165) is 61.4 Å². The van der Waals surface area contributed by atoms with Gasteiger partial charge in [-0.05, 0) is 99.8 Å². The van der Waals surface area contributed by atoms with Gasteiger partial charge in [-0.1, -0.05) is 55.6 Å². The maximum Gasteiger partial charge on any atom is 0.119 e. The Labute approximate surface area is 258 Å². The van der Waals surface area contributed by atoms with E-state index in [4.69, 9.17) is 25.8 Å². The Morgan fingerprint density at radius 1 is 0.762 bits per heavy atom. The zero-order valence-corrected chi connectivity index (χ0v) is 26.2. The molecule has 1 aliphatic carbocycles. The van der Waals surface area contributed by atoms with Crippen LogP contribution in [0, 0.1) is 5.92 Å². The molecule has 2 heterocycles. The van der Waals surface area contributed by atoms with Gasteiger partial charge in [-0.25, -0.2) is 0 Å². The van der Waals surface area contributed by atoms with Crippen molar-refractivity contribution in [1.82, 2.24) is 9.80 Å². The molecule has 2 aromatic rings. The van der Waals surface area contributed by atoms with Gasteiger partial charge >= 0.3 is 0 Å². The Hall–Kier alpha value is -2.47. The lowest BCUT2D eigenvalue weighted by molar-refractivity contribution is 0.129. The summed E-state index contributed by atoms with van der Waals surface area (Å²) < 4.78 is 19.1. The van der Waals surface area contributed by atoms with Crippen molar-refractivity contribution in [3.8, 4) is 5.75 Å². The predicted octanol–water partition coefficient (Wildman–Crippen LogP) is 7.86. The van der Waals surface area contributed by atoms with E-state index >= 15 is 0 Å². The molecule has 2 fully saturated rings. The number of rotatable bonds is 16. The second-order valence-corrected chi connectivity index (χ2v) is 12.4. The van der Waals surface area contributed by atoms with Gasteiger partial charge < -0.3 is 14.2 Å². The summed E-state index contributed by atoms with van der Waals surface area (Å²) in [5.74, 6) is 3.47. The van der Waals surface area contributed by atoms with Gasteiger partial charge in [-0.15, -0.1) is 0 Å². The van der Waals surface area contributed by atoms with Gasteiger partial charge in [0.15, 0.2) is 0 Å². The predicted molar refractivity (Wildman–Crippen MR) is 172 cm³/mol.